The van der Waals surface area contributed by atoms with Crippen LogP contribution in [0.5, 0.6) is 0 Å². The highest BCUT2D eigenvalue weighted by atomic mass is 16.1. The second-order valence-electron chi connectivity index (χ2n) is 5.28. The van der Waals surface area contributed by atoms with Crippen LogP contribution in [0, 0.1) is 6.92 Å². The van der Waals surface area contributed by atoms with Gasteiger partial charge in [-0.15, -0.1) is 0 Å². The maximum Gasteiger partial charge on any atom is 0.256 e. The molecule has 0 spiro atoms. The van der Waals surface area contributed by atoms with Gasteiger partial charge in [0.1, 0.15) is 5.82 Å². The number of pyridine rings is 1. The van der Waals surface area contributed by atoms with Crippen LogP contribution in [0.1, 0.15) is 35.5 Å². The van der Waals surface area contributed by atoms with Gasteiger partial charge >= 0.3 is 0 Å². The molecule has 0 atom stereocenters. The fourth-order valence-electron chi connectivity index (χ4n) is 2.27. The van der Waals surface area contributed by atoms with Crippen LogP contribution < -0.4 is 5.32 Å². The van der Waals surface area contributed by atoms with Crippen molar-refractivity contribution in [3.8, 4) is 0 Å². The Morgan fingerprint density at radius 1 is 1.09 bits per heavy atom. The summed E-state index contributed by atoms with van der Waals surface area (Å²) in [7, 11) is 0. The van der Waals surface area contributed by atoms with E-state index in [0.29, 0.717) is 11.4 Å². The van der Waals surface area contributed by atoms with Crippen LogP contribution in [0.2, 0.25) is 0 Å². The van der Waals surface area contributed by atoms with Gasteiger partial charge in [0.05, 0.1) is 0 Å². The molecule has 0 aliphatic heterocycles. The van der Waals surface area contributed by atoms with Crippen molar-refractivity contribution in [2.45, 2.75) is 27.3 Å². The summed E-state index contributed by atoms with van der Waals surface area (Å²) in [4.78, 5) is 18.8. The average molecular weight is 297 g/mol. The molecule has 1 aromatic heterocycles. The molecular formula is C18H23N3O. The summed E-state index contributed by atoms with van der Waals surface area (Å²) >= 11 is 0. The van der Waals surface area contributed by atoms with Crippen LogP contribution >= 0.6 is 0 Å². The van der Waals surface area contributed by atoms with Crippen molar-refractivity contribution >= 4 is 11.7 Å². The smallest absolute Gasteiger partial charge is 0.256 e. The molecule has 4 nitrogen and oxygen atoms in total. The molecule has 0 fully saturated rings. The molecule has 1 N–H and O–H groups in total. The van der Waals surface area contributed by atoms with Gasteiger partial charge in [-0.3, -0.25) is 9.69 Å². The van der Waals surface area contributed by atoms with Gasteiger partial charge in [-0.05, 0) is 49.8 Å². The molecule has 0 unspecified atom stereocenters. The van der Waals surface area contributed by atoms with Crippen molar-refractivity contribution in [3.05, 3.63) is 59.3 Å². The van der Waals surface area contributed by atoms with Crippen LogP contribution in [0.25, 0.3) is 0 Å². The molecule has 2 rings (SSSR count). The SMILES string of the molecule is CCN(CC)Cc1ccc(C(=O)Nc2cccc(C)n2)cc1. The van der Waals surface area contributed by atoms with Crippen molar-refractivity contribution < 1.29 is 4.79 Å². The molecule has 0 aliphatic carbocycles. The lowest BCUT2D eigenvalue weighted by atomic mass is 10.1. The van der Waals surface area contributed by atoms with Crippen LogP contribution in [0.3, 0.4) is 0 Å². The number of nitrogens with one attached hydrogen (secondary N) is 1. The van der Waals surface area contributed by atoms with Crippen molar-refractivity contribution in [2.24, 2.45) is 0 Å². The monoisotopic (exact) mass is 297 g/mol. The zero-order valence-corrected chi connectivity index (χ0v) is 13.5. The molecule has 1 aromatic carbocycles. The lowest BCUT2D eigenvalue weighted by molar-refractivity contribution is 0.102. The van der Waals surface area contributed by atoms with Gasteiger partial charge in [0.2, 0.25) is 0 Å². The number of benzene rings is 1. The van der Waals surface area contributed by atoms with Crippen LogP contribution in [-0.2, 0) is 6.54 Å². The molecule has 0 saturated carbocycles. The Hall–Kier alpha value is -2.20. The number of carbonyl (C=O) groups excluding carboxylic acids is 1. The molecule has 22 heavy (non-hydrogen) atoms. The van der Waals surface area contributed by atoms with Crippen LogP contribution in [0.15, 0.2) is 42.5 Å². The Morgan fingerprint density at radius 2 is 1.77 bits per heavy atom. The maximum atomic E-state index is 12.2. The first kappa shape index (κ1) is 16.2. The van der Waals surface area contributed by atoms with E-state index >= 15 is 0 Å². The minimum Gasteiger partial charge on any atom is -0.307 e. The number of rotatable bonds is 6. The molecule has 116 valence electrons. The first-order valence-corrected chi connectivity index (χ1v) is 7.68. The third kappa shape index (κ3) is 4.40. The minimum atomic E-state index is -0.132. The molecule has 1 heterocycles. The second-order valence-corrected chi connectivity index (χ2v) is 5.28. The molecule has 0 saturated heterocycles. The van der Waals surface area contributed by atoms with E-state index in [1.54, 1.807) is 6.07 Å². The summed E-state index contributed by atoms with van der Waals surface area (Å²) in [6, 6.07) is 13.3. The van der Waals surface area contributed by atoms with Crippen molar-refractivity contribution in [1.29, 1.82) is 0 Å². The first-order valence-electron chi connectivity index (χ1n) is 7.68. The van der Waals surface area contributed by atoms with Gasteiger partial charge in [0, 0.05) is 17.8 Å². The van der Waals surface area contributed by atoms with Crippen molar-refractivity contribution in [1.82, 2.24) is 9.88 Å². The molecule has 0 bridgehead atoms. The summed E-state index contributed by atoms with van der Waals surface area (Å²) in [6.07, 6.45) is 0. The summed E-state index contributed by atoms with van der Waals surface area (Å²) < 4.78 is 0. The third-order valence-electron chi connectivity index (χ3n) is 3.65. The predicted molar refractivity (Wildman–Crippen MR) is 90.0 cm³/mol. The van der Waals surface area contributed by atoms with Crippen LogP contribution in [-0.4, -0.2) is 28.9 Å². The van der Waals surface area contributed by atoms with Gasteiger partial charge in [-0.25, -0.2) is 4.98 Å². The summed E-state index contributed by atoms with van der Waals surface area (Å²) in [5.74, 6) is 0.449. The van der Waals surface area contributed by atoms with Gasteiger partial charge in [-0.1, -0.05) is 32.0 Å². The highest BCUT2D eigenvalue weighted by Crippen LogP contribution is 2.10. The third-order valence-corrected chi connectivity index (χ3v) is 3.65. The topological polar surface area (TPSA) is 45.2 Å². The molecule has 1 amide bonds. The number of anilines is 1. The summed E-state index contributed by atoms with van der Waals surface area (Å²) in [6.45, 7) is 9.17. The quantitative estimate of drug-likeness (QED) is 0.888. The molecular weight excluding hydrogens is 274 g/mol. The number of aryl methyl sites for hydroxylation is 1. The van der Waals surface area contributed by atoms with E-state index < -0.39 is 0 Å². The number of hydrogen-bond donors (Lipinski definition) is 1. The minimum absolute atomic E-state index is 0.132. The number of hydrogen-bond acceptors (Lipinski definition) is 3. The fraction of sp³-hybridized carbons (Fsp3) is 0.333. The van der Waals surface area contributed by atoms with E-state index in [-0.39, 0.29) is 5.91 Å². The number of carbonyl (C=O) groups is 1. The number of amides is 1. The lowest BCUT2D eigenvalue weighted by Crippen LogP contribution is -2.22. The molecule has 4 heteroatoms. The Bertz CT molecular complexity index is 618. The molecule has 0 aliphatic rings. The largest absolute Gasteiger partial charge is 0.307 e. The average Bonchev–Trinajstić information content (AvgIpc) is 2.53. The van der Waals surface area contributed by atoms with Gasteiger partial charge in [-0.2, -0.15) is 0 Å². The predicted octanol–water partition coefficient (Wildman–Crippen LogP) is 3.48. The van der Waals surface area contributed by atoms with Crippen molar-refractivity contribution in [2.75, 3.05) is 18.4 Å². The Balaban J connectivity index is 2.02. The van der Waals surface area contributed by atoms with E-state index in [4.69, 9.17) is 0 Å². The number of aromatic nitrogens is 1. The Kier molecular flexibility index (Phi) is 5.67. The van der Waals surface area contributed by atoms with Gasteiger partial charge in [0.15, 0.2) is 0 Å². The highest BCUT2D eigenvalue weighted by molar-refractivity contribution is 6.03. The zero-order chi connectivity index (χ0) is 15.9. The highest BCUT2D eigenvalue weighted by Gasteiger charge is 2.07. The Labute approximate surface area is 132 Å². The van der Waals surface area contributed by atoms with E-state index in [9.17, 15) is 4.79 Å². The molecule has 2 aromatic rings. The van der Waals surface area contributed by atoms with E-state index in [1.165, 1.54) is 5.56 Å². The summed E-state index contributed by atoms with van der Waals surface area (Å²) in [5.41, 5.74) is 2.74. The Morgan fingerprint density at radius 3 is 2.36 bits per heavy atom. The summed E-state index contributed by atoms with van der Waals surface area (Å²) in [5, 5.41) is 2.82. The number of nitrogens with zero attached hydrogens (tertiary/aromatic N) is 2. The maximum absolute atomic E-state index is 12.2. The van der Waals surface area contributed by atoms with Crippen LogP contribution in [0.4, 0.5) is 5.82 Å². The second kappa shape index (κ2) is 7.71. The first-order chi connectivity index (χ1) is 10.6. The van der Waals surface area contributed by atoms with E-state index in [1.807, 2.05) is 43.3 Å². The standard InChI is InChI=1S/C18H23N3O/c1-4-21(5-2)13-15-9-11-16(12-10-15)18(22)20-17-8-6-7-14(3)19-17/h6-12H,4-5,13H2,1-3H3,(H,19,20,22). The normalized spacial score (nSPS) is 10.7. The van der Waals surface area contributed by atoms with Gasteiger partial charge < -0.3 is 5.32 Å². The van der Waals surface area contributed by atoms with E-state index in [0.717, 1.165) is 25.3 Å². The zero-order valence-electron chi connectivity index (χ0n) is 13.5. The lowest BCUT2D eigenvalue weighted by Gasteiger charge is -2.18. The molecule has 0 radical (unpaired) electrons. The van der Waals surface area contributed by atoms with Gasteiger partial charge in [0.25, 0.3) is 5.91 Å². The van der Waals surface area contributed by atoms with Crippen molar-refractivity contribution in [3.63, 3.8) is 0 Å². The van der Waals surface area contributed by atoms with E-state index in [2.05, 4.69) is 29.0 Å². The fourth-order valence-corrected chi connectivity index (χ4v) is 2.27.